The van der Waals surface area contributed by atoms with Gasteiger partial charge in [-0.05, 0) is 34.0 Å². The minimum absolute atomic E-state index is 0.632. The van der Waals surface area contributed by atoms with E-state index >= 15 is 0 Å². The summed E-state index contributed by atoms with van der Waals surface area (Å²) in [6.07, 6.45) is 3.07. The quantitative estimate of drug-likeness (QED) is 0.802. The first-order chi connectivity index (χ1) is 6.68. The Labute approximate surface area is 92.1 Å². The minimum Gasteiger partial charge on any atom is -0.303 e. The Kier molecular flexibility index (Phi) is 2.59. The maximum atomic E-state index is 4.51. The molecule has 2 heterocycles. The van der Waals surface area contributed by atoms with Gasteiger partial charge in [0.25, 0.3) is 0 Å². The number of halogens is 1. The number of aromatic nitrogens is 2. The van der Waals surface area contributed by atoms with Gasteiger partial charge in [0.15, 0.2) is 0 Å². The van der Waals surface area contributed by atoms with Gasteiger partial charge < -0.3 is 4.40 Å². The molecular formula is C11H13BrN2. The largest absolute Gasteiger partial charge is 0.303 e. The second kappa shape index (κ2) is 3.73. The summed E-state index contributed by atoms with van der Waals surface area (Å²) in [6.45, 7) is 4.41. The molecule has 2 rings (SSSR count). The average molecular weight is 253 g/mol. The minimum atomic E-state index is 0.632. The highest BCUT2D eigenvalue weighted by Crippen LogP contribution is 2.20. The predicted molar refractivity (Wildman–Crippen MR) is 61.4 cm³/mol. The third-order valence-electron chi connectivity index (χ3n) is 2.17. The molecule has 0 atom stereocenters. The fourth-order valence-electron chi connectivity index (χ4n) is 1.57. The van der Waals surface area contributed by atoms with Crippen LogP contribution in [0.3, 0.4) is 0 Å². The van der Waals surface area contributed by atoms with Crippen molar-refractivity contribution < 1.29 is 0 Å². The van der Waals surface area contributed by atoms with Crippen LogP contribution in [-0.2, 0) is 6.42 Å². The van der Waals surface area contributed by atoms with Crippen LogP contribution in [0, 0.1) is 5.92 Å². The Morgan fingerprint density at radius 3 is 2.93 bits per heavy atom. The summed E-state index contributed by atoms with van der Waals surface area (Å²) in [4.78, 5) is 4.51. The van der Waals surface area contributed by atoms with E-state index in [1.165, 1.54) is 0 Å². The molecule has 0 saturated heterocycles. The molecule has 14 heavy (non-hydrogen) atoms. The smallest absolute Gasteiger partial charge is 0.132 e. The maximum Gasteiger partial charge on any atom is 0.132 e. The highest BCUT2D eigenvalue weighted by Gasteiger charge is 2.08. The second-order valence-electron chi connectivity index (χ2n) is 3.87. The Balaban J connectivity index is 2.55. The Morgan fingerprint density at radius 2 is 2.21 bits per heavy atom. The van der Waals surface area contributed by atoms with E-state index in [9.17, 15) is 0 Å². The van der Waals surface area contributed by atoms with Gasteiger partial charge in [0, 0.05) is 12.6 Å². The zero-order chi connectivity index (χ0) is 10.1. The molecule has 0 N–H and O–H groups in total. The fourth-order valence-corrected chi connectivity index (χ4v) is 2.10. The predicted octanol–water partition coefficient (Wildman–Crippen LogP) is 3.30. The van der Waals surface area contributed by atoms with Crippen molar-refractivity contribution in [3.8, 4) is 0 Å². The molecule has 0 bridgehead atoms. The van der Waals surface area contributed by atoms with Crippen molar-refractivity contribution in [1.82, 2.24) is 9.38 Å². The number of fused-ring (bicyclic) bond motifs is 1. The van der Waals surface area contributed by atoms with Crippen molar-refractivity contribution in [3.63, 3.8) is 0 Å². The highest BCUT2D eigenvalue weighted by molar-refractivity contribution is 9.10. The first-order valence-electron chi connectivity index (χ1n) is 4.80. The van der Waals surface area contributed by atoms with E-state index in [2.05, 4.69) is 51.4 Å². The van der Waals surface area contributed by atoms with Gasteiger partial charge in [0.1, 0.15) is 10.4 Å². The number of imidazole rings is 1. The number of pyridine rings is 1. The van der Waals surface area contributed by atoms with Crippen LogP contribution >= 0.6 is 15.9 Å². The van der Waals surface area contributed by atoms with Crippen molar-refractivity contribution in [2.75, 3.05) is 0 Å². The van der Waals surface area contributed by atoms with Crippen LogP contribution in [0.1, 0.15) is 19.7 Å². The van der Waals surface area contributed by atoms with E-state index in [-0.39, 0.29) is 0 Å². The molecule has 0 aliphatic carbocycles. The van der Waals surface area contributed by atoms with E-state index in [1.54, 1.807) is 0 Å². The standard InChI is InChI=1S/C11H13BrN2/c1-8(2)7-10-13-11(12)9-5-3-4-6-14(9)10/h3-6,8H,7H2,1-2H3. The molecular weight excluding hydrogens is 240 g/mol. The van der Waals surface area contributed by atoms with E-state index in [4.69, 9.17) is 0 Å². The van der Waals surface area contributed by atoms with Crippen molar-refractivity contribution in [3.05, 3.63) is 34.8 Å². The van der Waals surface area contributed by atoms with Crippen LogP contribution in [0.25, 0.3) is 5.52 Å². The third kappa shape index (κ3) is 1.69. The van der Waals surface area contributed by atoms with Gasteiger partial charge in [0.05, 0.1) is 5.52 Å². The zero-order valence-electron chi connectivity index (χ0n) is 8.37. The van der Waals surface area contributed by atoms with Crippen molar-refractivity contribution >= 4 is 21.4 Å². The molecule has 3 heteroatoms. The lowest BCUT2D eigenvalue weighted by Crippen LogP contribution is -1.99. The van der Waals surface area contributed by atoms with Crippen LogP contribution < -0.4 is 0 Å². The fraction of sp³-hybridized carbons (Fsp3) is 0.364. The van der Waals surface area contributed by atoms with Gasteiger partial charge in [0.2, 0.25) is 0 Å². The van der Waals surface area contributed by atoms with Gasteiger partial charge in [-0.15, -0.1) is 0 Å². The summed E-state index contributed by atoms with van der Waals surface area (Å²) in [5.41, 5.74) is 1.14. The Hall–Kier alpha value is -0.830. The lowest BCUT2D eigenvalue weighted by Gasteiger charge is -2.02. The molecule has 0 aliphatic heterocycles. The number of rotatable bonds is 2. The molecule has 0 spiro atoms. The molecule has 2 aromatic heterocycles. The molecule has 0 radical (unpaired) electrons. The first-order valence-corrected chi connectivity index (χ1v) is 5.59. The van der Waals surface area contributed by atoms with Gasteiger partial charge in [-0.3, -0.25) is 0 Å². The Morgan fingerprint density at radius 1 is 1.43 bits per heavy atom. The van der Waals surface area contributed by atoms with Crippen LogP contribution in [0.5, 0.6) is 0 Å². The second-order valence-corrected chi connectivity index (χ2v) is 4.62. The van der Waals surface area contributed by atoms with Crippen LogP contribution in [0.4, 0.5) is 0 Å². The Bertz CT molecular complexity index is 445. The van der Waals surface area contributed by atoms with Gasteiger partial charge in [-0.25, -0.2) is 4.98 Å². The van der Waals surface area contributed by atoms with Crippen LogP contribution in [0.15, 0.2) is 29.0 Å². The van der Waals surface area contributed by atoms with Crippen LogP contribution in [-0.4, -0.2) is 9.38 Å². The lowest BCUT2D eigenvalue weighted by atomic mass is 10.1. The van der Waals surface area contributed by atoms with Crippen molar-refractivity contribution in [1.29, 1.82) is 0 Å². The van der Waals surface area contributed by atoms with Crippen molar-refractivity contribution in [2.24, 2.45) is 5.92 Å². The summed E-state index contributed by atoms with van der Waals surface area (Å²) >= 11 is 3.48. The number of nitrogens with zero attached hydrogens (tertiary/aromatic N) is 2. The normalized spacial score (nSPS) is 11.4. The van der Waals surface area contributed by atoms with Crippen molar-refractivity contribution in [2.45, 2.75) is 20.3 Å². The number of hydrogen-bond donors (Lipinski definition) is 0. The number of hydrogen-bond acceptors (Lipinski definition) is 1. The zero-order valence-corrected chi connectivity index (χ0v) is 9.95. The monoisotopic (exact) mass is 252 g/mol. The summed E-state index contributed by atoms with van der Waals surface area (Å²) in [7, 11) is 0. The third-order valence-corrected chi connectivity index (χ3v) is 2.75. The van der Waals surface area contributed by atoms with Crippen LogP contribution in [0.2, 0.25) is 0 Å². The maximum absolute atomic E-state index is 4.51. The molecule has 74 valence electrons. The molecule has 0 fully saturated rings. The van der Waals surface area contributed by atoms with E-state index < -0.39 is 0 Å². The lowest BCUT2D eigenvalue weighted by molar-refractivity contribution is 0.619. The molecule has 2 aromatic rings. The highest BCUT2D eigenvalue weighted by atomic mass is 79.9. The molecule has 0 amide bonds. The van der Waals surface area contributed by atoms with E-state index in [0.29, 0.717) is 5.92 Å². The van der Waals surface area contributed by atoms with E-state index in [0.717, 1.165) is 22.4 Å². The summed E-state index contributed by atoms with van der Waals surface area (Å²) < 4.78 is 3.08. The van der Waals surface area contributed by atoms with Gasteiger partial charge in [-0.2, -0.15) is 0 Å². The molecule has 0 aliphatic rings. The molecule has 0 aromatic carbocycles. The van der Waals surface area contributed by atoms with E-state index in [1.807, 2.05) is 12.1 Å². The SMILES string of the molecule is CC(C)Cc1nc(Br)c2ccccn12. The van der Waals surface area contributed by atoms with Gasteiger partial charge >= 0.3 is 0 Å². The molecule has 2 nitrogen and oxygen atoms in total. The average Bonchev–Trinajstić information content (AvgIpc) is 2.44. The summed E-state index contributed by atoms with van der Waals surface area (Å²) in [5.74, 6) is 1.76. The first kappa shape index (κ1) is 9.71. The van der Waals surface area contributed by atoms with Gasteiger partial charge in [-0.1, -0.05) is 19.9 Å². The molecule has 0 saturated carbocycles. The topological polar surface area (TPSA) is 17.3 Å². The molecule has 0 unspecified atom stereocenters. The summed E-state index contributed by atoms with van der Waals surface area (Å²) in [6, 6.07) is 6.13. The summed E-state index contributed by atoms with van der Waals surface area (Å²) in [5, 5.41) is 0.